The van der Waals surface area contributed by atoms with E-state index in [-0.39, 0.29) is 18.4 Å². The van der Waals surface area contributed by atoms with Crippen molar-refractivity contribution in [2.45, 2.75) is 31.3 Å². The molecule has 108 valence electrons. The minimum Gasteiger partial charge on any atom is -0.370 e. The monoisotopic (exact) mass is 295 g/mol. The predicted molar refractivity (Wildman–Crippen MR) is 77.2 cm³/mol. The van der Waals surface area contributed by atoms with Crippen molar-refractivity contribution < 1.29 is 9.59 Å². The van der Waals surface area contributed by atoms with Crippen molar-refractivity contribution in [3.63, 3.8) is 0 Å². The molecule has 2 amide bonds. The third-order valence-electron chi connectivity index (χ3n) is 3.35. The number of nitrogens with two attached hydrogens (primary N) is 1. The van der Waals surface area contributed by atoms with Gasteiger partial charge in [-0.2, -0.15) is 0 Å². The van der Waals surface area contributed by atoms with Crippen LogP contribution in [-0.4, -0.2) is 24.4 Å². The quantitative estimate of drug-likeness (QED) is 0.761. The van der Waals surface area contributed by atoms with Crippen LogP contribution in [0.3, 0.4) is 0 Å². The molecule has 0 aromatic heterocycles. The number of halogens is 1. The average Bonchev–Trinajstić information content (AvgIpc) is 2.91. The van der Waals surface area contributed by atoms with E-state index in [0.717, 1.165) is 24.9 Å². The van der Waals surface area contributed by atoms with Gasteiger partial charge in [-0.3, -0.25) is 9.59 Å². The van der Waals surface area contributed by atoms with Gasteiger partial charge >= 0.3 is 0 Å². The molecule has 1 saturated heterocycles. The van der Waals surface area contributed by atoms with Gasteiger partial charge in [0.25, 0.3) is 0 Å². The maximum atomic E-state index is 12.1. The summed E-state index contributed by atoms with van der Waals surface area (Å²) >= 11 is 5.95. The van der Waals surface area contributed by atoms with Crippen molar-refractivity contribution in [1.29, 1.82) is 0 Å². The van der Waals surface area contributed by atoms with E-state index < -0.39 is 11.9 Å². The molecular formula is C14H18ClN3O2. The highest BCUT2D eigenvalue weighted by molar-refractivity contribution is 6.30. The van der Waals surface area contributed by atoms with Crippen LogP contribution in [0.2, 0.25) is 5.02 Å². The second-order valence-corrected chi connectivity index (χ2v) is 5.37. The number of hydrogen-bond acceptors (Lipinski definition) is 3. The zero-order valence-corrected chi connectivity index (χ0v) is 11.8. The van der Waals surface area contributed by atoms with Crippen LogP contribution in [0.4, 0.5) is 0 Å². The Morgan fingerprint density at radius 2 is 2.30 bits per heavy atom. The molecule has 1 aromatic rings. The van der Waals surface area contributed by atoms with Gasteiger partial charge in [0.05, 0.1) is 18.5 Å². The molecule has 1 aliphatic rings. The predicted octanol–water partition coefficient (Wildman–Crippen LogP) is 1.12. The molecule has 1 unspecified atom stereocenters. The molecule has 2 atom stereocenters. The normalized spacial score (nSPS) is 19.6. The van der Waals surface area contributed by atoms with Gasteiger partial charge in [-0.05, 0) is 37.1 Å². The molecule has 5 nitrogen and oxygen atoms in total. The Hall–Kier alpha value is -1.59. The van der Waals surface area contributed by atoms with Crippen LogP contribution in [0.5, 0.6) is 0 Å². The van der Waals surface area contributed by atoms with Gasteiger partial charge in [-0.15, -0.1) is 0 Å². The fraction of sp³-hybridized carbons (Fsp3) is 0.429. The standard InChI is InChI=1S/C14H18ClN3O2/c15-10-4-1-3-9(7-10)12(8-13(16)19)18-14(20)11-5-2-6-17-11/h1,3-4,7,11-12,17H,2,5-6,8H2,(H2,16,19)(H,18,20)/t11?,12-/m1/s1. The second-order valence-electron chi connectivity index (χ2n) is 4.94. The molecule has 20 heavy (non-hydrogen) atoms. The highest BCUT2D eigenvalue weighted by Gasteiger charge is 2.25. The Balaban J connectivity index is 2.10. The summed E-state index contributed by atoms with van der Waals surface area (Å²) in [5.74, 6) is -0.566. The van der Waals surface area contributed by atoms with Gasteiger partial charge in [0.2, 0.25) is 11.8 Å². The fourth-order valence-corrected chi connectivity index (χ4v) is 2.56. The van der Waals surface area contributed by atoms with Gasteiger partial charge < -0.3 is 16.4 Å². The molecule has 1 aliphatic heterocycles. The van der Waals surface area contributed by atoms with Crippen LogP contribution in [0, 0.1) is 0 Å². The lowest BCUT2D eigenvalue weighted by atomic mass is 10.0. The minimum absolute atomic E-state index is 0.0544. The molecule has 1 heterocycles. The second kappa shape index (κ2) is 6.72. The summed E-state index contributed by atoms with van der Waals surface area (Å²) in [6, 6.07) is 6.45. The Labute approximate surface area is 122 Å². The van der Waals surface area contributed by atoms with Gasteiger partial charge in [-0.1, -0.05) is 23.7 Å². The minimum atomic E-state index is -0.463. The van der Waals surface area contributed by atoms with Crippen molar-refractivity contribution in [1.82, 2.24) is 10.6 Å². The summed E-state index contributed by atoms with van der Waals surface area (Å²) < 4.78 is 0. The van der Waals surface area contributed by atoms with Crippen molar-refractivity contribution in [2.75, 3.05) is 6.54 Å². The van der Waals surface area contributed by atoms with Crippen LogP contribution >= 0.6 is 11.6 Å². The highest BCUT2D eigenvalue weighted by atomic mass is 35.5. The SMILES string of the molecule is NC(=O)C[C@@H](NC(=O)C1CCCN1)c1cccc(Cl)c1. The lowest BCUT2D eigenvalue weighted by Gasteiger charge is -2.20. The largest absolute Gasteiger partial charge is 0.370 e. The Kier molecular flexibility index (Phi) is 4.98. The molecule has 0 aliphatic carbocycles. The van der Waals surface area contributed by atoms with Crippen LogP contribution in [-0.2, 0) is 9.59 Å². The molecule has 4 N–H and O–H groups in total. The van der Waals surface area contributed by atoms with E-state index in [1.165, 1.54) is 0 Å². The Morgan fingerprint density at radius 1 is 1.50 bits per heavy atom. The van der Waals surface area contributed by atoms with Gasteiger partial charge in [0.1, 0.15) is 0 Å². The van der Waals surface area contributed by atoms with E-state index >= 15 is 0 Å². The number of carbonyl (C=O) groups excluding carboxylic acids is 2. The van der Waals surface area contributed by atoms with Crippen LogP contribution < -0.4 is 16.4 Å². The lowest BCUT2D eigenvalue weighted by molar-refractivity contribution is -0.124. The third kappa shape index (κ3) is 3.95. The molecule has 1 aromatic carbocycles. The first kappa shape index (κ1) is 14.8. The van der Waals surface area contributed by atoms with E-state index in [1.54, 1.807) is 18.2 Å². The van der Waals surface area contributed by atoms with E-state index in [0.29, 0.717) is 5.02 Å². The van der Waals surface area contributed by atoms with Crippen molar-refractivity contribution >= 4 is 23.4 Å². The summed E-state index contributed by atoms with van der Waals surface area (Å²) in [5.41, 5.74) is 6.04. The van der Waals surface area contributed by atoms with Gasteiger partial charge in [0, 0.05) is 5.02 Å². The first-order valence-corrected chi connectivity index (χ1v) is 7.01. The first-order chi connectivity index (χ1) is 9.56. The number of nitrogens with one attached hydrogen (secondary N) is 2. The zero-order valence-electron chi connectivity index (χ0n) is 11.1. The molecular weight excluding hydrogens is 278 g/mol. The van der Waals surface area contributed by atoms with Crippen LogP contribution in [0.15, 0.2) is 24.3 Å². The average molecular weight is 296 g/mol. The van der Waals surface area contributed by atoms with Crippen molar-refractivity contribution in [3.05, 3.63) is 34.9 Å². The van der Waals surface area contributed by atoms with Gasteiger partial charge in [0.15, 0.2) is 0 Å². The number of rotatable bonds is 5. The van der Waals surface area contributed by atoms with Crippen molar-refractivity contribution in [3.8, 4) is 0 Å². The summed E-state index contributed by atoms with van der Waals surface area (Å²) in [6.07, 6.45) is 1.85. The molecule has 6 heteroatoms. The lowest BCUT2D eigenvalue weighted by Crippen LogP contribution is -2.42. The first-order valence-electron chi connectivity index (χ1n) is 6.64. The van der Waals surface area contributed by atoms with E-state index in [4.69, 9.17) is 17.3 Å². The molecule has 0 radical (unpaired) electrons. The fourth-order valence-electron chi connectivity index (χ4n) is 2.36. The molecule has 1 fully saturated rings. The van der Waals surface area contributed by atoms with Crippen molar-refractivity contribution in [2.24, 2.45) is 5.73 Å². The summed E-state index contributed by atoms with van der Waals surface area (Å²) in [5, 5.41) is 6.56. The van der Waals surface area contributed by atoms with E-state index in [9.17, 15) is 9.59 Å². The number of benzene rings is 1. The zero-order chi connectivity index (χ0) is 14.5. The highest BCUT2D eigenvalue weighted by Crippen LogP contribution is 2.21. The maximum absolute atomic E-state index is 12.1. The number of carbonyl (C=O) groups is 2. The smallest absolute Gasteiger partial charge is 0.237 e. The number of hydrogen-bond donors (Lipinski definition) is 3. The van der Waals surface area contributed by atoms with Crippen LogP contribution in [0.25, 0.3) is 0 Å². The van der Waals surface area contributed by atoms with E-state index in [2.05, 4.69) is 10.6 Å². The molecule has 2 rings (SSSR count). The summed E-state index contributed by atoms with van der Waals surface area (Å²) in [4.78, 5) is 23.3. The molecule has 0 bridgehead atoms. The molecule has 0 spiro atoms. The van der Waals surface area contributed by atoms with E-state index in [1.807, 2.05) is 6.07 Å². The van der Waals surface area contributed by atoms with Crippen LogP contribution in [0.1, 0.15) is 30.9 Å². The number of amides is 2. The summed E-state index contributed by atoms with van der Waals surface area (Å²) in [6.45, 7) is 0.843. The Morgan fingerprint density at radius 3 is 2.90 bits per heavy atom. The maximum Gasteiger partial charge on any atom is 0.237 e. The third-order valence-corrected chi connectivity index (χ3v) is 3.58. The van der Waals surface area contributed by atoms with Gasteiger partial charge in [-0.25, -0.2) is 0 Å². The number of primary amides is 1. The Bertz CT molecular complexity index is 501. The molecule has 0 saturated carbocycles. The topological polar surface area (TPSA) is 84.2 Å². The summed E-state index contributed by atoms with van der Waals surface area (Å²) in [7, 11) is 0.